The molecule has 4 heteroatoms. The molecule has 0 N–H and O–H groups in total. The number of rotatable bonds is 1. The maximum atomic E-state index is 12.1. The summed E-state index contributed by atoms with van der Waals surface area (Å²) < 4.78 is 22.1. The van der Waals surface area contributed by atoms with Crippen molar-refractivity contribution in [2.24, 2.45) is 0 Å². The molecule has 0 unspecified atom stereocenters. The van der Waals surface area contributed by atoms with Gasteiger partial charge in [0.25, 0.3) is 0 Å². The van der Waals surface area contributed by atoms with E-state index in [1.54, 1.807) is 0 Å². The smallest absolute Gasteiger partial charge is 0.795 e. The van der Waals surface area contributed by atoms with E-state index < -0.39 is 0 Å². The number of halogens is 1. The van der Waals surface area contributed by atoms with Crippen LogP contribution in [0.3, 0.4) is 0 Å². The second-order valence-corrected chi connectivity index (χ2v) is 2.18. The van der Waals surface area contributed by atoms with E-state index >= 15 is 0 Å². The van der Waals surface area contributed by atoms with Gasteiger partial charge < -0.3 is 4.55 Å². The molecule has 0 saturated heterocycles. The van der Waals surface area contributed by atoms with Crippen molar-refractivity contribution < 1.29 is 38.5 Å². The summed E-state index contributed by atoms with van der Waals surface area (Å²) in [5, 5.41) is 0. The quantitative estimate of drug-likeness (QED) is 0.396. The average molecular weight is 166 g/mol. The summed E-state index contributed by atoms with van der Waals surface area (Å²) in [4.78, 5) is 0.538. The van der Waals surface area contributed by atoms with Gasteiger partial charge in [-0.1, -0.05) is 0 Å². The molecule has 10 heavy (non-hydrogen) atoms. The van der Waals surface area contributed by atoms with Crippen LogP contribution in [-0.2, 0) is 0 Å². The van der Waals surface area contributed by atoms with E-state index in [1.807, 2.05) is 0 Å². The summed E-state index contributed by atoms with van der Waals surface area (Å²) in [6.45, 7) is 0. The van der Waals surface area contributed by atoms with Gasteiger partial charge in [-0.15, -0.1) is 0 Å². The Hall–Kier alpha value is 0.460. The minimum absolute atomic E-state index is 0. The average Bonchev–Trinajstić information content (AvgIpc) is 1.90. The predicted octanol–water partition coefficient (Wildman–Crippen LogP) is -0.948. The molecule has 0 aliphatic rings. The first-order chi connectivity index (χ1) is 4.33. The zero-order chi connectivity index (χ0) is 6.69. The van der Waals surface area contributed by atoms with Crippen LogP contribution in [0.4, 0.5) is 4.39 Å². The number of benzene rings is 1. The molecule has 0 fully saturated rings. The minimum Gasteiger partial charge on any atom is -0.795 e. The topological polar surface area (TPSA) is 23.1 Å². The Morgan fingerprint density at radius 2 is 1.70 bits per heavy atom. The Bertz CT molecular complexity index is 189. The van der Waals surface area contributed by atoms with Crippen molar-refractivity contribution in [1.82, 2.24) is 0 Å². The molecule has 1 aromatic rings. The summed E-state index contributed by atoms with van der Waals surface area (Å²) >= 11 is 0.361. The first-order valence-electron chi connectivity index (χ1n) is 2.38. The summed E-state index contributed by atoms with van der Waals surface area (Å²) in [6.07, 6.45) is 0. The fourth-order valence-electron chi connectivity index (χ4n) is 0.490. The van der Waals surface area contributed by atoms with Gasteiger partial charge in [0.05, 0.1) is 0 Å². The maximum absolute atomic E-state index is 12.1. The molecule has 0 aliphatic heterocycles. The monoisotopic (exact) mass is 166 g/mol. The SMILES string of the molecule is [Na+].[O-]Sc1ccc(F)cc1. The molecule has 0 amide bonds. The van der Waals surface area contributed by atoms with Crippen LogP contribution in [0.25, 0.3) is 0 Å². The zero-order valence-electron chi connectivity index (χ0n) is 5.50. The Kier molecular flexibility index (Phi) is 5.39. The fourth-order valence-corrected chi connectivity index (χ4v) is 0.737. The van der Waals surface area contributed by atoms with E-state index in [4.69, 9.17) is 0 Å². The van der Waals surface area contributed by atoms with Gasteiger partial charge in [0, 0.05) is 0 Å². The van der Waals surface area contributed by atoms with Gasteiger partial charge in [-0.05, 0) is 29.2 Å². The Labute approximate surface area is 85.1 Å². The van der Waals surface area contributed by atoms with Gasteiger partial charge in [0.2, 0.25) is 0 Å². The fraction of sp³-hybridized carbons (Fsp3) is 0. The van der Waals surface area contributed by atoms with Crippen molar-refractivity contribution in [3.05, 3.63) is 30.1 Å². The Morgan fingerprint density at radius 3 is 2.10 bits per heavy atom. The third kappa shape index (κ3) is 3.03. The van der Waals surface area contributed by atoms with Gasteiger partial charge in [-0.2, -0.15) is 0 Å². The molecular weight excluding hydrogens is 162 g/mol. The molecular formula is C6H4FNaOS. The Morgan fingerprint density at radius 1 is 1.20 bits per heavy atom. The molecule has 0 aromatic heterocycles. The molecule has 1 rings (SSSR count). The Balaban J connectivity index is 0.000000810. The molecule has 0 saturated carbocycles. The van der Waals surface area contributed by atoms with Crippen LogP contribution in [0.5, 0.6) is 0 Å². The predicted molar refractivity (Wildman–Crippen MR) is 33.0 cm³/mol. The third-order valence-electron chi connectivity index (χ3n) is 0.910. The normalized spacial score (nSPS) is 8.60. The minimum atomic E-state index is -0.312. The third-order valence-corrected chi connectivity index (χ3v) is 1.37. The van der Waals surface area contributed by atoms with Crippen molar-refractivity contribution in [2.45, 2.75) is 4.90 Å². The van der Waals surface area contributed by atoms with Gasteiger partial charge in [0.15, 0.2) is 0 Å². The summed E-state index contributed by atoms with van der Waals surface area (Å²) in [6, 6.07) is 5.43. The molecule has 1 aromatic carbocycles. The first-order valence-corrected chi connectivity index (χ1v) is 3.12. The van der Waals surface area contributed by atoms with Crippen LogP contribution < -0.4 is 29.6 Å². The van der Waals surface area contributed by atoms with Crippen LogP contribution in [0.2, 0.25) is 0 Å². The number of hydrogen-bond acceptors (Lipinski definition) is 2. The van der Waals surface area contributed by atoms with E-state index in [-0.39, 0.29) is 35.4 Å². The van der Waals surface area contributed by atoms with Crippen molar-refractivity contribution in [3.8, 4) is 0 Å². The summed E-state index contributed by atoms with van der Waals surface area (Å²) in [5.74, 6) is -0.312. The molecule has 0 aliphatic carbocycles. The van der Waals surface area contributed by atoms with Crippen LogP contribution in [0, 0.1) is 5.82 Å². The molecule has 0 radical (unpaired) electrons. The van der Waals surface area contributed by atoms with E-state index in [0.717, 1.165) is 0 Å². The second-order valence-electron chi connectivity index (χ2n) is 1.54. The van der Waals surface area contributed by atoms with Crippen molar-refractivity contribution in [1.29, 1.82) is 0 Å². The largest absolute Gasteiger partial charge is 1.00 e. The number of hydrogen-bond donors (Lipinski definition) is 0. The van der Waals surface area contributed by atoms with Crippen molar-refractivity contribution in [2.75, 3.05) is 0 Å². The van der Waals surface area contributed by atoms with Crippen LogP contribution in [-0.4, -0.2) is 4.55 Å². The zero-order valence-corrected chi connectivity index (χ0v) is 8.32. The van der Waals surface area contributed by atoms with Crippen LogP contribution in [0.15, 0.2) is 29.2 Å². The van der Waals surface area contributed by atoms with Gasteiger partial charge in [-0.25, -0.2) is 16.4 Å². The van der Waals surface area contributed by atoms with Crippen molar-refractivity contribution in [3.63, 3.8) is 0 Å². The van der Waals surface area contributed by atoms with Gasteiger partial charge in [0.1, 0.15) is 5.82 Å². The van der Waals surface area contributed by atoms with Gasteiger partial charge in [-0.3, -0.25) is 0 Å². The van der Waals surface area contributed by atoms with E-state index in [9.17, 15) is 8.94 Å². The van der Waals surface area contributed by atoms with Gasteiger partial charge >= 0.3 is 29.6 Å². The van der Waals surface area contributed by atoms with Crippen LogP contribution >= 0.6 is 12.0 Å². The van der Waals surface area contributed by atoms with E-state index in [0.29, 0.717) is 16.9 Å². The second kappa shape index (κ2) is 5.16. The molecule has 48 valence electrons. The first kappa shape index (κ1) is 10.5. The van der Waals surface area contributed by atoms with E-state index in [1.165, 1.54) is 24.3 Å². The summed E-state index contributed by atoms with van der Waals surface area (Å²) in [7, 11) is 0. The molecule has 0 bridgehead atoms. The standard InChI is InChI=1S/C6H5FOS.Na/c7-5-1-3-6(9-8)4-2-5;/h1-4,8H;/q;+1/p-1. The molecule has 0 spiro atoms. The maximum Gasteiger partial charge on any atom is 1.00 e. The molecule has 0 heterocycles. The van der Waals surface area contributed by atoms with Crippen LogP contribution in [0.1, 0.15) is 0 Å². The molecule has 0 atom stereocenters. The summed E-state index contributed by atoms with van der Waals surface area (Å²) in [5.41, 5.74) is 0. The van der Waals surface area contributed by atoms with E-state index in [2.05, 4.69) is 0 Å². The molecule has 1 nitrogen and oxygen atoms in total. The van der Waals surface area contributed by atoms with Crippen molar-refractivity contribution >= 4 is 12.0 Å².